The molecule has 2 aromatic carbocycles. The van der Waals surface area contributed by atoms with Crippen LogP contribution in [-0.4, -0.2) is 22.2 Å². The zero-order valence-corrected chi connectivity index (χ0v) is 15.8. The number of anilines is 1. The van der Waals surface area contributed by atoms with Crippen LogP contribution in [0.25, 0.3) is 10.8 Å². The minimum absolute atomic E-state index is 0. The number of alkyl halides is 3. The summed E-state index contributed by atoms with van der Waals surface area (Å²) in [7, 11) is 0. The lowest BCUT2D eigenvalue weighted by atomic mass is 10.1. The zero-order valence-electron chi connectivity index (χ0n) is 15.8. The van der Waals surface area contributed by atoms with Crippen LogP contribution in [0, 0.1) is 5.82 Å². The second kappa shape index (κ2) is 9.30. The molecule has 0 fully saturated rings. The Morgan fingerprint density at radius 3 is 2.48 bits per heavy atom. The smallest absolute Gasteiger partial charge is 0.394 e. The maximum Gasteiger partial charge on any atom is 0.416 e. The Bertz CT molecular complexity index is 1160. The van der Waals surface area contributed by atoms with Gasteiger partial charge in [-0.15, -0.1) is 0 Å². The number of rotatable bonds is 5. The first-order chi connectivity index (χ1) is 14.1. The summed E-state index contributed by atoms with van der Waals surface area (Å²) < 4.78 is 53.3. The van der Waals surface area contributed by atoms with Gasteiger partial charge in [-0.2, -0.15) is 13.2 Å². The summed E-state index contributed by atoms with van der Waals surface area (Å²) >= 11 is 0. The van der Waals surface area contributed by atoms with Gasteiger partial charge < -0.3 is 15.0 Å². The summed E-state index contributed by atoms with van der Waals surface area (Å²) in [4.78, 5) is 25.0. The van der Waals surface area contributed by atoms with E-state index in [1.807, 2.05) is 0 Å². The van der Waals surface area contributed by atoms with Crippen LogP contribution in [0.1, 0.15) is 31.5 Å². The van der Waals surface area contributed by atoms with Crippen LogP contribution in [0.3, 0.4) is 0 Å². The van der Waals surface area contributed by atoms with Gasteiger partial charge in [0.05, 0.1) is 24.6 Å². The molecule has 1 atom stereocenters. The topological polar surface area (TPSA) is 71.3 Å². The summed E-state index contributed by atoms with van der Waals surface area (Å²) in [5.41, 5.74) is -1.35. The Morgan fingerprint density at radius 1 is 1.16 bits per heavy atom. The van der Waals surface area contributed by atoms with Crippen LogP contribution in [-0.2, 0) is 17.4 Å². The number of halogens is 4. The molecule has 31 heavy (non-hydrogen) atoms. The minimum atomic E-state index is -4.68. The lowest BCUT2D eigenvalue weighted by Gasteiger charge is -2.15. The molecule has 0 bridgehead atoms. The van der Waals surface area contributed by atoms with Crippen LogP contribution in [0.2, 0.25) is 0 Å². The predicted octanol–water partition coefficient (Wildman–Crippen LogP) is 4.53. The average Bonchev–Trinajstić information content (AvgIpc) is 2.69. The summed E-state index contributed by atoms with van der Waals surface area (Å²) in [5, 5.41) is 12.6. The molecule has 5 nitrogen and oxygen atoms in total. The van der Waals surface area contributed by atoms with Crippen molar-refractivity contribution in [1.82, 2.24) is 4.57 Å². The van der Waals surface area contributed by atoms with Crippen molar-refractivity contribution in [2.45, 2.75) is 33.0 Å². The van der Waals surface area contributed by atoms with Crippen molar-refractivity contribution < 1.29 is 27.5 Å². The third kappa shape index (κ3) is 5.11. The van der Waals surface area contributed by atoms with Gasteiger partial charge in [0.1, 0.15) is 5.82 Å². The highest BCUT2D eigenvalue weighted by Crippen LogP contribution is 2.30. The van der Waals surface area contributed by atoms with E-state index in [9.17, 15) is 32.3 Å². The van der Waals surface area contributed by atoms with E-state index in [1.54, 1.807) is 31.2 Å². The number of amides is 1. The van der Waals surface area contributed by atoms with E-state index in [2.05, 4.69) is 5.32 Å². The van der Waals surface area contributed by atoms with Crippen LogP contribution < -0.4 is 10.9 Å². The quantitative estimate of drug-likeness (QED) is 0.575. The number of aliphatic hydroxyl groups excluding tert-OH is 1. The number of hydrogen-bond acceptors (Lipinski definition) is 3. The molecule has 0 radical (unpaired) electrons. The average molecular weight is 438 g/mol. The summed E-state index contributed by atoms with van der Waals surface area (Å²) in [6.45, 7) is 1.46. The van der Waals surface area contributed by atoms with E-state index in [1.165, 1.54) is 10.8 Å². The molecular formula is C22H22F4N2O3. The van der Waals surface area contributed by atoms with Crippen molar-refractivity contribution in [3.8, 4) is 0 Å². The van der Waals surface area contributed by atoms with Crippen molar-refractivity contribution in [1.29, 1.82) is 0 Å². The van der Waals surface area contributed by atoms with Crippen molar-refractivity contribution in [2.75, 3.05) is 11.9 Å². The third-order valence-corrected chi connectivity index (χ3v) is 4.72. The third-order valence-electron chi connectivity index (χ3n) is 4.72. The molecule has 0 unspecified atom stereocenters. The number of hydrogen-bond donors (Lipinski definition) is 2. The number of pyridine rings is 1. The number of nitrogens with one attached hydrogen (secondary N) is 1. The van der Waals surface area contributed by atoms with Gasteiger partial charge in [0, 0.05) is 22.7 Å². The molecule has 0 saturated heterocycles. The molecule has 0 aliphatic carbocycles. The first-order valence-electron chi connectivity index (χ1n) is 9.02. The van der Waals surface area contributed by atoms with E-state index in [-0.39, 0.29) is 25.2 Å². The van der Waals surface area contributed by atoms with Gasteiger partial charge in [-0.05, 0) is 42.8 Å². The molecule has 0 aliphatic heterocycles. The largest absolute Gasteiger partial charge is 0.416 e. The maximum absolute atomic E-state index is 14.0. The molecule has 1 heterocycles. The molecule has 3 rings (SSSR count). The fraction of sp³-hybridized carbons (Fsp3) is 0.273. The van der Waals surface area contributed by atoms with Crippen molar-refractivity contribution in [2.24, 2.45) is 0 Å². The van der Waals surface area contributed by atoms with Crippen molar-refractivity contribution in [3.63, 3.8) is 0 Å². The van der Waals surface area contributed by atoms with Crippen LogP contribution in [0.15, 0.2) is 53.5 Å². The highest BCUT2D eigenvalue weighted by Gasteiger charge is 2.31. The first-order valence-corrected chi connectivity index (χ1v) is 9.02. The summed E-state index contributed by atoms with van der Waals surface area (Å²) in [5.74, 6) is -1.77. The van der Waals surface area contributed by atoms with Crippen LogP contribution in [0.4, 0.5) is 23.2 Å². The molecule has 0 saturated carbocycles. The second-order valence-electron chi connectivity index (χ2n) is 6.86. The first kappa shape index (κ1) is 24.1. The SMILES string of the molecule is C.C[C@H](CO)n1ccc2c(NC(=O)Cc3ccc(C(F)(F)F)cc3F)cccc2c1=O. The van der Waals surface area contributed by atoms with E-state index in [0.29, 0.717) is 28.6 Å². The molecule has 2 N–H and O–H groups in total. The lowest BCUT2D eigenvalue weighted by Crippen LogP contribution is -2.25. The van der Waals surface area contributed by atoms with E-state index in [0.717, 1.165) is 6.07 Å². The molecule has 0 aliphatic rings. The van der Waals surface area contributed by atoms with E-state index < -0.39 is 35.9 Å². The highest BCUT2D eigenvalue weighted by atomic mass is 19.4. The van der Waals surface area contributed by atoms with Crippen LogP contribution in [0.5, 0.6) is 0 Å². The number of carbonyl (C=O) groups is 1. The molecule has 166 valence electrons. The van der Waals surface area contributed by atoms with Gasteiger partial charge in [0.2, 0.25) is 5.91 Å². The van der Waals surface area contributed by atoms with Gasteiger partial charge in [0.15, 0.2) is 0 Å². The van der Waals surface area contributed by atoms with Crippen LogP contribution >= 0.6 is 0 Å². The Morgan fingerprint density at radius 2 is 1.87 bits per heavy atom. The zero-order chi connectivity index (χ0) is 22.1. The highest BCUT2D eigenvalue weighted by molar-refractivity contribution is 6.02. The summed E-state index contributed by atoms with van der Waals surface area (Å²) in [6.07, 6.45) is -3.65. The van der Waals surface area contributed by atoms with Crippen molar-refractivity contribution >= 4 is 22.4 Å². The van der Waals surface area contributed by atoms with Gasteiger partial charge in [-0.25, -0.2) is 4.39 Å². The molecule has 9 heteroatoms. The number of aromatic nitrogens is 1. The van der Waals surface area contributed by atoms with E-state index in [4.69, 9.17) is 0 Å². The Labute approximate surface area is 175 Å². The summed E-state index contributed by atoms with van der Waals surface area (Å²) in [6, 6.07) is 7.87. The second-order valence-corrected chi connectivity index (χ2v) is 6.86. The van der Waals surface area contributed by atoms with Gasteiger partial charge in [-0.3, -0.25) is 9.59 Å². The Kier molecular flexibility index (Phi) is 7.22. The van der Waals surface area contributed by atoms with Gasteiger partial charge in [-0.1, -0.05) is 19.6 Å². The predicted molar refractivity (Wildman–Crippen MR) is 110 cm³/mol. The monoisotopic (exact) mass is 438 g/mol. The molecular weight excluding hydrogens is 416 g/mol. The number of aliphatic hydroxyl groups is 1. The maximum atomic E-state index is 14.0. The van der Waals surface area contributed by atoms with Gasteiger partial charge in [0.25, 0.3) is 5.56 Å². The number of fused-ring (bicyclic) bond motifs is 1. The number of nitrogens with zero attached hydrogens (tertiary/aromatic N) is 1. The normalized spacial score (nSPS) is 12.3. The Balaban J connectivity index is 0.00000341. The Hall–Kier alpha value is -3.20. The number of carbonyl (C=O) groups excluding carboxylic acids is 1. The number of benzene rings is 2. The fourth-order valence-corrected chi connectivity index (χ4v) is 3.07. The molecule has 0 spiro atoms. The minimum Gasteiger partial charge on any atom is -0.394 e. The lowest BCUT2D eigenvalue weighted by molar-refractivity contribution is -0.137. The van der Waals surface area contributed by atoms with E-state index >= 15 is 0 Å². The fourth-order valence-electron chi connectivity index (χ4n) is 3.07. The van der Waals surface area contributed by atoms with Crippen molar-refractivity contribution in [3.05, 3.63) is 76.0 Å². The van der Waals surface area contributed by atoms with Gasteiger partial charge >= 0.3 is 6.18 Å². The molecule has 1 amide bonds. The molecule has 3 aromatic rings. The molecule has 1 aromatic heterocycles. The standard InChI is InChI=1S/C21H18F4N2O3.CH4/c1-12(11-28)27-8-7-15-16(20(27)30)3-2-4-18(15)26-19(29)9-13-5-6-14(10-17(13)22)21(23,24)25;/h2-8,10,12,28H,9,11H2,1H3,(H,26,29);1H4/t12-;/m1./s1.